The predicted molar refractivity (Wildman–Crippen MR) is 42.7 cm³/mol. The second-order valence-corrected chi connectivity index (χ2v) is 2.29. The van der Waals surface area contributed by atoms with Gasteiger partial charge in [-0.25, -0.2) is 0 Å². The molecule has 1 saturated heterocycles. The van der Waals surface area contributed by atoms with Crippen LogP contribution in [-0.2, 0) is 9.53 Å². The van der Waals surface area contributed by atoms with E-state index in [1.54, 1.807) is 0 Å². The van der Waals surface area contributed by atoms with Crippen molar-refractivity contribution in [2.45, 2.75) is 0 Å². The molecule has 0 radical (unpaired) electrons. The van der Waals surface area contributed by atoms with Crippen LogP contribution in [-0.4, -0.2) is 49.5 Å². The van der Waals surface area contributed by atoms with Crippen molar-refractivity contribution in [3.05, 3.63) is 0 Å². The van der Waals surface area contributed by atoms with Crippen molar-refractivity contribution < 1.29 is 33.9 Å². The summed E-state index contributed by atoms with van der Waals surface area (Å²) >= 11 is 0. The first-order valence-electron chi connectivity index (χ1n) is 3.58. The SMILES string of the molecule is O=[C-]C#CCN1CCOCC1.[Li+].[OH-]. The fourth-order valence-corrected chi connectivity index (χ4v) is 0.947. The third-order valence-electron chi connectivity index (χ3n) is 1.55. The zero-order valence-corrected chi connectivity index (χ0v) is 7.75. The van der Waals surface area contributed by atoms with Gasteiger partial charge in [-0.05, 0) is 6.54 Å². The summed E-state index contributed by atoms with van der Waals surface area (Å²) in [6, 6.07) is 0. The van der Waals surface area contributed by atoms with Gasteiger partial charge < -0.3 is 25.8 Å². The van der Waals surface area contributed by atoms with Crippen LogP contribution in [0, 0.1) is 11.8 Å². The normalized spacial score (nSPS) is 15.7. The molecule has 1 N–H and O–H groups in total. The van der Waals surface area contributed by atoms with E-state index in [0.29, 0.717) is 6.54 Å². The fourth-order valence-electron chi connectivity index (χ4n) is 0.947. The van der Waals surface area contributed by atoms with Gasteiger partial charge in [-0.3, -0.25) is 5.92 Å². The molecule has 0 saturated carbocycles. The molecular weight excluding hydrogens is 165 g/mol. The molecule has 0 aromatic heterocycles. The predicted octanol–water partition coefficient (Wildman–Crippen LogP) is -3.74. The van der Waals surface area contributed by atoms with Gasteiger partial charge in [0.1, 0.15) is 0 Å². The first kappa shape index (κ1) is 15.2. The van der Waals surface area contributed by atoms with Crippen LogP contribution in [0.25, 0.3) is 0 Å². The molecule has 5 heteroatoms. The number of hydrogen-bond acceptors (Lipinski definition) is 4. The summed E-state index contributed by atoms with van der Waals surface area (Å²) in [5, 5.41) is 0. The Kier molecular flexibility index (Phi) is 11.4. The van der Waals surface area contributed by atoms with Gasteiger partial charge >= 0.3 is 18.9 Å². The van der Waals surface area contributed by atoms with Crippen LogP contribution < -0.4 is 18.9 Å². The van der Waals surface area contributed by atoms with Gasteiger partial charge in [-0.1, -0.05) is 0 Å². The van der Waals surface area contributed by atoms with Crippen molar-refractivity contribution in [3.8, 4) is 11.8 Å². The van der Waals surface area contributed by atoms with Crippen molar-refractivity contribution >= 4 is 6.29 Å². The van der Waals surface area contributed by atoms with E-state index in [9.17, 15) is 4.79 Å². The van der Waals surface area contributed by atoms with Crippen molar-refractivity contribution in [1.82, 2.24) is 4.90 Å². The minimum absolute atomic E-state index is 0. The van der Waals surface area contributed by atoms with Crippen LogP contribution in [0.2, 0.25) is 0 Å². The minimum atomic E-state index is 0. The number of morpholine rings is 1. The van der Waals surface area contributed by atoms with Gasteiger partial charge in [0.05, 0.1) is 13.2 Å². The second-order valence-electron chi connectivity index (χ2n) is 2.29. The van der Waals surface area contributed by atoms with Gasteiger partial charge in [-0.2, -0.15) is 0 Å². The van der Waals surface area contributed by atoms with Crippen molar-refractivity contribution in [3.63, 3.8) is 0 Å². The molecule has 0 amide bonds. The molecule has 0 aliphatic carbocycles. The van der Waals surface area contributed by atoms with Crippen LogP contribution in [0.15, 0.2) is 0 Å². The minimum Gasteiger partial charge on any atom is -0.870 e. The summed E-state index contributed by atoms with van der Waals surface area (Å²) < 4.78 is 5.14. The number of nitrogens with zero attached hydrogens (tertiary/aromatic N) is 1. The second kappa shape index (κ2) is 9.79. The standard InChI is InChI=1S/C8H10NO2.Li.H2O/c10-6-2-1-3-9-4-7-11-8-5-9;;/h3-5,7-8H2;;1H2/q-1;+1;/p-1. The van der Waals surface area contributed by atoms with Gasteiger partial charge in [0.25, 0.3) is 0 Å². The Balaban J connectivity index is 0. The molecule has 1 aliphatic rings. The molecule has 13 heavy (non-hydrogen) atoms. The number of ether oxygens (including phenoxy) is 1. The third kappa shape index (κ3) is 6.83. The molecule has 1 rings (SSSR count). The van der Waals surface area contributed by atoms with Crippen LogP contribution in [0.4, 0.5) is 0 Å². The fraction of sp³-hybridized carbons (Fsp3) is 0.625. The van der Waals surface area contributed by atoms with E-state index >= 15 is 0 Å². The summed E-state index contributed by atoms with van der Waals surface area (Å²) in [7, 11) is 0. The first-order chi connectivity index (χ1) is 5.43. The summed E-state index contributed by atoms with van der Waals surface area (Å²) in [6.45, 7) is 4.01. The Morgan fingerprint density at radius 3 is 2.54 bits per heavy atom. The Bertz CT molecular complexity index is 182. The van der Waals surface area contributed by atoms with E-state index in [2.05, 4.69) is 16.7 Å². The summed E-state index contributed by atoms with van der Waals surface area (Å²) in [5.74, 6) is 4.96. The Morgan fingerprint density at radius 1 is 1.38 bits per heavy atom. The van der Waals surface area contributed by atoms with E-state index in [1.165, 1.54) is 6.29 Å². The van der Waals surface area contributed by atoms with E-state index in [1.807, 2.05) is 0 Å². The topological polar surface area (TPSA) is 59.5 Å². The molecule has 0 aromatic carbocycles. The smallest absolute Gasteiger partial charge is 0.870 e. The molecule has 1 fully saturated rings. The van der Waals surface area contributed by atoms with Gasteiger partial charge in [0.15, 0.2) is 0 Å². The molecule has 68 valence electrons. The first-order valence-corrected chi connectivity index (χ1v) is 3.58. The van der Waals surface area contributed by atoms with E-state index in [4.69, 9.17) is 4.74 Å². The summed E-state index contributed by atoms with van der Waals surface area (Å²) in [4.78, 5) is 11.9. The van der Waals surface area contributed by atoms with E-state index in [0.717, 1.165) is 26.3 Å². The molecule has 0 unspecified atom stereocenters. The average Bonchev–Trinajstić information content (AvgIpc) is 2.07. The average molecular weight is 176 g/mol. The van der Waals surface area contributed by atoms with Crippen LogP contribution >= 0.6 is 0 Å². The number of rotatable bonds is 1. The zero-order chi connectivity index (χ0) is 7.94. The zero-order valence-electron chi connectivity index (χ0n) is 7.75. The largest absolute Gasteiger partial charge is 1.00 e. The molecule has 0 spiro atoms. The van der Waals surface area contributed by atoms with Gasteiger partial charge in [0.2, 0.25) is 0 Å². The molecule has 1 aliphatic heterocycles. The van der Waals surface area contributed by atoms with Crippen LogP contribution in [0.1, 0.15) is 0 Å². The van der Waals surface area contributed by atoms with E-state index in [-0.39, 0.29) is 24.3 Å². The monoisotopic (exact) mass is 176 g/mol. The Labute approximate surface area is 90.1 Å². The maximum Gasteiger partial charge on any atom is 1.00 e. The van der Waals surface area contributed by atoms with E-state index < -0.39 is 0 Å². The number of hydrogen-bond donors (Lipinski definition) is 0. The maximum absolute atomic E-state index is 9.70. The van der Waals surface area contributed by atoms with Crippen LogP contribution in [0.3, 0.4) is 0 Å². The summed E-state index contributed by atoms with van der Waals surface area (Å²) in [6.07, 6.45) is 1.54. The molecule has 0 atom stereocenters. The summed E-state index contributed by atoms with van der Waals surface area (Å²) in [5.41, 5.74) is 0. The maximum atomic E-state index is 9.70. The quantitative estimate of drug-likeness (QED) is 0.234. The van der Waals surface area contributed by atoms with Crippen LogP contribution in [0.5, 0.6) is 0 Å². The molecular formula is C8H11LiNO3-. The Hall–Kier alpha value is -0.293. The van der Waals surface area contributed by atoms with Crippen molar-refractivity contribution in [2.24, 2.45) is 0 Å². The molecule has 1 heterocycles. The van der Waals surface area contributed by atoms with Crippen molar-refractivity contribution in [2.75, 3.05) is 32.8 Å². The Morgan fingerprint density at radius 2 is 2.00 bits per heavy atom. The third-order valence-corrected chi connectivity index (χ3v) is 1.55. The van der Waals surface area contributed by atoms with Gasteiger partial charge in [-0.15, -0.1) is 0 Å². The molecule has 0 aromatic rings. The number of carbonyl (C=O) groups excluding carboxylic acids is 1. The molecule has 4 nitrogen and oxygen atoms in total. The van der Waals surface area contributed by atoms with Gasteiger partial charge in [0, 0.05) is 19.4 Å². The molecule has 0 bridgehead atoms. The van der Waals surface area contributed by atoms with Crippen molar-refractivity contribution in [1.29, 1.82) is 0 Å².